The molecule has 9 heteroatoms. The van der Waals surface area contributed by atoms with Crippen LogP contribution in [0.4, 0.5) is 5.82 Å². The third-order valence-corrected chi connectivity index (χ3v) is 5.71. The van der Waals surface area contributed by atoms with Gasteiger partial charge in [0.25, 0.3) is 0 Å². The van der Waals surface area contributed by atoms with Crippen LogP contribution in [0.2, 0.25) is 0 Å². The number of rotatable bonds is 8. The van der Waals surface area contributed by atoms with Crippen LogP contribution in [0, 0.1) is 0 Å². The van der Waals surface area contributed by atoms with Crippen molar-refractivity contribution in [3.8, 4) is 16.9 Å². The number of aromatic nitrogens is 3. The Morgan fingerprint density at radius 3 is 2.32 bits per heavy atom. The summed E-state index contributed by atoms with van der Waals surface area (Å²) in [6, 6.07) is 19.8. The largest absolute Gasteiger partial charge is 0.465 e. The molecule has 0 saturated carbocycles. The summed E-state index contributed by atoms with van der Waals surface area (Å²) >= 11 is 1.43. The minimum Gasteiger partial charge on any atom is -0.465 e. The lowest BCUT2D eigenvalue weighted by molar-refractivity contribution is -0.143. The van der Waals surface area contributed by atoms with Gasteiger partial charge in [-0.2, -0.15) is 4.99 Å². The first kappa shape index (κ1) is 23.2. The van der Waals surface area contributed by atoms with Gasteiger partial charge in [-0.1, -0.05) is 48.5 Å². The third kappa shape index (κ3) is 4.99. The maximum atomic E-state index is 12.8. The van der Waals surface area contributed by atoms with Gasteiger partial charge in [0.2, 0.25) is 0 Å². The Bertz CT molecular complexity index is 1340. The van der Waals surface area contributed by atoms with Crippen LogP contribution in [0.5, 0.6) is 0 Å². The zero-order chi connectivity index (χ0) is 23.9. The molecule has 2 aromatic heterocycles. The van der Waals surface area contributed by atoms with Crippen LogP contribution in [0.1, 0.15) is 24.3 Å². The summed E-state index contributed by atoms with van der Waals surface area (Å²) in [5, 5.41) is 2.01. The normalized spacial score (nSPS) is 11.4. The highest BCUT2D eigenvalue weighted by atomic mass is 32.1. The van der Waals surface area contributed by atoms with Gasteiger partial charge in [-0.15, -0.1) is 11.3 Å². The van der Waals surface area contributed by atoms with E-state index in [2.05, 4.69) is 4.98 Å². The predicted molar refractivity (Wildman–Crippen MR) is 129 cm³/mol. The number of carbonyl (C=O) groups excluding carboxylic acids is 2. The van der Waals surface area contributed by atoms with Crippen LogP contribution < -0.4 is 4.80 Å². The predicted octanol–water partition coefficient (Wildman–Crippen LogP) is 4.37. The molecule has 2 heterocycles. The number of carbonyl (C=O) groups is 2. The van der Waals surface area contributed by atoms with E-state index in [1.165, 1.54) is 22.2 Å². The fourth-order valence-electron chi connectivity index (χ4n) is 3.44. The van der Waals surface area contributed by atoms with Gasteiger partial charge in [0.1, 0.15) is 6.54 Å². The summed E-state index contributed by atoms with van der Waals surface area (Å²) in [6.07, 6.45) is 1.40. The second-order valence-electron chi connectivity index (χ2n) is 7.12. The maximum Gasteiger partial charge on any atom is 0.358 e. The SMILES string of the molecule is CCOC(=O)Cn1cnc(N=c2scc(-c3ccccc3)n2-c2ccccc2)c1C(=O)OCC. The Morgan fingerprint density at radius 2 is 1.65 bits per heavy atom. The fraction of sp³-hybridized carbons (Fsp3) is 0.200. The Morgan fingerprint density at radius 1 is 0.971 bits per heavy atom. The highest BCUT2D eigenvalue weighted by molar-refractivity contribution is 7.07. The maximum absolute atomic E-state index is 12.8. The van der Waals surface area contributed by atoms with Crippen molar-refractivity contribution >= 4 is 29.1 Å². The molecule has 0 saturated heterocycles. The molecule has 0 radical (unpaired) electrons. The molecule has 8 nitrogen and oxygen atoms in total. The molecule has 0 amide bonds. The Labute approximate surface area is 200 Å². The Hall–Kier alpha value is -3.98. The molecule has 0 unspecified atom stereocenters. The minimum absolute atomic E-state index is 0.101. The number of benzene rings is 2. The standard InChI is InChI=1S/C25H24N4O4S/c1-3-32-21(30)15-28-17-26-23(22(28)24(31)33-4-2)27-25-29(19-13-9-6-10-14-19)20(16-34-25)18-11-7-5-8-12-18/h5-14,16-17H,3-4,15H2,1-2H3. The number of thiazole rings is 1. The van der Waals surface area contributed by atoms with Gasteiger partial charge < -0.3 is 14.0 Å². The molecule has 4 rings (SSSR count). The van der Waals surface area contributed by atoms with E-state index in [4.69, 9.17) is 14.5 Å². The number of hydrogen-bond acceptors (Lipinski definition) is 7. The Kier molecular flexibility index (Phi) is 7.34. The van der Waals surface area contributed by atoms with Gasteiger partial charge in [0, 0.05) is 11.1 Å². The molecular weight excluding hydrogens is 452 g/mol. The second kappa shape index (κ2) is 10.8. The highest BCUT2D eigenvalue weighted by Gasteiger charge is 2.22. The van der Waals surface area contributed by atoms with Crippen molar-refractivity contribution in [2.24, 2.45) is 4.99 Å². The van der Waals surface area contributed by atoms with Crippen LogP contribution in [0.3, 0.4) is 0 Å². The number of esters is 2. The molecule has 0 N–H and O–H groups in total. The summed E-state index contributed by atoms with van der Waals surface area (Å²) in [5.41, 5.74) is 3.01. The summed E-state index contributed by atoms with van der Waals surface area (Å²) in [5.74, 6) is -0.901. The van der Waals surface area contributed by atoms with Crippen LogP contribution in [0.25, 0.3) is 16.9 Å². The zero-order valence-electron chi connectivity index (χ0n) is 18.9. The fourth-order valence-corrected chi connectivity index (χ4v) is 4.35. The molecule has 34 heavy (non-hydrogen) atoms. The lowest BCUT2D eigenvalue weighted by Gasteiger charge is -2.09. The van der Waals surface area contributed by atoms with Gasteiger partial charge in [0.15, 0.2) is 16.3 Å². The molecule has 0 fully saturated rings. The first-order chi connectivity index (χ1) is 16.6. The zero-order valence-corrected chi connectivity index (χ0v) is 19.7. The first-order valence-electron chi connectivity index (χ1n) is 10.9. The number of hydrogen-bond donors (Lipinski definition) is 0. The number of para-hydroxylation sites is 1. The van der Waals surface area contributed by atoms with E-state index in [9.17, 15) is 9.59 Å². The molecule has 0 aliphatic carbocycles. The average Bonchev–Trinajstić information content (AvgIpc) is 3.45. The molecule has 2 aromatic carbocycles. The van der Waals surface area contributed by atoms with E-state index in [0.29, 0.717) is 4.80 Å². The van der Waals surface area contributed by atoms with E-state index in [1.807, 2.05) is 70.6 Å². The first-order valence-corrected chi connectivity index (χ1v) is 11.7. The molecule has 174 valence electrons. The van der Waals surface area contributed by atoms with Crippen LogP contribution >= 0.6 is 11.3 Å². The monoisotopic (exact) mass is 476 g/mol. The summed E-state index contributed by atoms with van der Waals surface area (Å²) < 4.78 is 13.7. The number of ether oxygens (including phenoxy) is 2. The number of imidazole rings is 1. The molecule has 0 atom stereocenters. The van der Waals surface area contributed by atoms with E-state index in [-0.39, 0.29) is 31.3 Å². The van der Waals surface area contributed by atoms with E-state index < -0.39 is 11.9 Å². The van der Waals surface area contributed by atoms with Gasteiger partial charge >= 0.3 is 11.9 Å². The van der Waals surface area contributed by atoms with Crippen LogP contribution in [-0.2, 0) is 20.8 Å². The van der Waals surface area contributed by atoms with Crippen molar-refractivity contribution < 1.29 is 19.1 Å². The van der Waals surface area contributed by atoms with Crippen LogP contribution in [0.15, 0.2) is 77.4 Å². The van der Waals surface area contributed by atoms with Crippen molar-refractivity contribution in [3.05, 3.63) is 82.9 Å². The lowest BCUT2D eigenvalue weighted by atomic mass is 10.1. The van der Waals surface area contributed by atoms with E-state index in [1.54, 1.807) is 13.8 Å². The van der Waals surface area contributed by atoms with Gasteiger partial charge in [-0.05, 0) is 31.5 Å². The molecule has 0 aliphatic heterocycles. The average molecular weight is 477 g/mol. The van der Waals surface area contributed by atoms with Crippen molar-refractivity contribution in [1.82, 2.24) is 14.1 Å². The van der Waals surface area contributed by atoms with Crippen molar-refractivity contribution in [2.45, 2.75) is 20.4 Å². The molecule has 0 bridgehead atoms. The molecule has 4 aromatic rings. The van der Waals surface area contributed by atoms with Gasteiger partial charge in [-0.25, -0.2) is 9.78 Å². The summed E-state index contributed by atoms with van der Waals surface area (Å²) in [7, 11) is 0. The van der Waals surface area contributed by atoms with Crippen molar-refractivity contribution in [1.29, 1.82) is 0 Å². The second-order valence-corrected chi connectivity index (χ2v) is 7.96. The van der Waals surface area contributed by atoms with Crippen molar-refractivity contribution in [2.75, 3.05) is 13.2 Å². The summed E-state index contributed by atoms with van der Waals surface area (Å²) in [4.78, 5) is 34.5. The smallest absolute Gasteiger partial charge is 0.358 e. The molecule has 0 aliphatic rings. The van der Waals surface area contributed by atoms with E-state index >= 15 is 0 Å². The molecule has 0 spiro atoms. The van der Waals surface area contributed by atoms with E-state index in [0.717, 1.165) is 16.9 Å². The van der Waals surface area contributed by atoms with Gasteiger partial charge in [-0.3, -0.25) is 9.36 Å². The Balaban J connectivity index is 1.88. The third-order valence-electron chi connectivity index (χ3n) is 4.89. The highest BCUT2D eigenvalue weighted by Crippen LogP contribution is 2.25. The molecular formula is C25H24N4O4S. The topological polar surface area (TPSA) is 87.7 Å². The summed E-state index contributed by atoms with van der Waals surface area (Å²) in [6.45, 7) is 3.71. The lowest BCUT2D eigenvalue weighted by Crippen LogP contribution is -2.19. The van der Waals surface area contributed by atoms with Crippen molar-refractivity contribution in [3.63, 3.8) is 0 Å². The number of nitrogens with zero attached hydrogens (tertiary/aromatic N) is 4. The van der Waals surface area contributed by atoms with Gasteiger partial charge in [0.05, 0.1) is 25.2 Å². The quantitative estimate of drug-likeness (QED) is 0.352. The minimum atomic E-state index is -0.603. The van der Waals surface area contributed by atoms with Crippen LogP contribution in [-0.4, -0.2) is 39.3 Å².